The van der Waals surface area contributed by atoms with Crippen molar-refractivity contribution in [2.45, 2.75) is 0 Å². The van der Waals surface area contributed by atoms with Gasteiger partial charge in [0.1, 0.15) is 5.75 Å². The molecule has 0 atom stereocenters. The Labute approximate surface area is 147 Å². The van der Waals surface area contributed by atoms with Crippen molar-refractivity contribution in [3.63, 3.8) is 0 Å². The van der Waals surface area contributed by atoms with Crippen LogP contribution in [0, 0.1) is 3.57 Å². The number of carbonyl (C=O) groups excluding carboxylic acids is 1. The first-order valence-electron chi connectivity index (χ1n) is 6.93. The minimum Gasteiger partial charge on any atom is -0.496 e. The van der Waals surface area contributed by atoms with E-state index in [9.17, 15) is 4.79 Å². The largest absolute Gasteiger partial charge is 0.496 e. The van der Waals surface area contributed by atoms with Crippen LogP contribution in [-0.4, -0.2) is 23.2 Å². The van der Waals surface area contributed by atoms with Crippen molar-refractivity contribution in [1.82, 2.24) is 10.2 Å². The number of nitrogens with one attached hydrogen (secondary N) is 2. The maximum Gasteiger partial charge on any atom is 0.256 e. The number of aromatic nitrogens is 2. The number of anilines is 1. The van der Waals surface area contributed by atoms with E-state index in [1.165, 1.54) is 0 Å². The van der Waals surface area contributed by atoms with E-state index in [0.29, 0.717) is 11.4 Å². The van der Waals surface area contributed by atoms with Crippen molar-refractivity contribution in [2.75, 3.05) is 12.4 Å². The molecule has 0 aliphatic rings. The normalized spacial score (nSPS) is 10.3. The van der Waals surface area contributed by atoms with Crippen LogP contribution in [0.1, 0.15) is 10.4 Å². The van der Waals surface area contributed by atoms with Gasteiger partial charge in [0.25, 0.3) is 5.91 Å². The minimum atomic E-state index is -0.195. The highest BCUT2D eigenvalue weighted by Crippen LogP contribution is 2.29. The van der Waals surface area contributed by atoms with Crippen LogP contribution in [-0.2, 0) is 0 Å². The number of carbonyl (C=O) groups is 1. The van der Waals surface area contributed by atoms with Crippen molar-refractivity contribution in [2.24, 2.45) is 0 Å². The lowest BCUT2D eigenvalue weighted by molar-refractivity contribution is 0.102. The molecule has 0 radical (unpaired) electrons. The average molecular weight is 419 g/mol. The first-order chi connectivity index (χ1) is 11.2. The zero-order valence-electron chi connectivity index (χ0n) is 12.3. The quantitative estimate of drug-likeness (QED) is 0.630. The summed E-state index contributed by atoms with van der Waals surface area (Å²) in [6, 6.07) is 16.7. The molecule has 2 N–H and O–H groups in total. The smallest absolute Gasteiger partial charge is 0.256 e. The molecule has 0 spiro atoms. The van der Waals surface area contributed by atoms with Gasteiger partial charge in [-0.1, -0.05) is 12.1 Å². The van der Waals surface area contributed by atoms with Gasteiger partial charge in [-0.15, -0.1) is 0 Å². The molecule has 0 aliphatic heterocycles. The van der Waals surface area contributed by atoms with Gasteiger partial charge in [0.2, 0.25) is 0 Å². The van der Waals surface area contributed by atoms with E-state index in [1.54, 1.807) is 25.3 Å². The number of benzene rings is 2. The molecular weight excluding hydrogens is 405 g/mol. The number of methoxy groups -OCH3 is 1. The zero-order chi connectivity index (χ0) is 16.2. The molecule has 0 bridgehead atoms. The maximum atomic E-state index is 12.2. The van der Waals surface area contributed by atoms with Gasteiger partial charge >= 0.3 is 0 Å². The summed E-state index contributed by atoms with van der Waals surface area (Å²) in [7, 11) is 1.62. The third-order valence-corrected chi connectivity index (χ3v) is 4.04. The van der Waals surface area contributed by atoms with E-state index in [4.69, 9.17) is 4.74 Å². The van der Waals surface area contributed by atoms with Gasteiger partial charge in [0.05, 0.1) is 12.8 Å². The lowest BCUT2D eigenvalue weighted by Crippen LogP contribution is -2.11. The Bertz CT molecular complexity index is 828. The molecule has 3 aromatic rings. The van der Waals surface area contributed by atoms with Gasteiger partial charge in [-0.25, -0.2) is 0 Å². The number of ether oxygens (including phenoxy) is 1. The number of hydrogen-bond donors (Lipinski definition) is 2. The third-order valence-electron chi connectivity index (χ3n) is 3.32. The Morgan fingerprint density at radius 1 is 1.17 bits per heavy atom. The summed E-state index contributed by atoms with van der Waals surface area (Å²) in [5.41, 5.74) is 2.25. The molecule has 0 unspecified atom stereocenters. The molecule has 116 valence electrons. The van der Waals surface area contributed by atoms with Crippen LogP contribution in [0.25, 0.3) is 11.3 Å². The molecule has 1 amide bonds. The monoisotopic (exact) mass is 419 g/mol. The third kappa shape index (κ3) is 3.53. The van der Waals surface area contributed by atoms with Crippen LogP contribution in [0.5, 0.6) is 5.75 Å². The van der Waals surface area contributed by atoms with Gasteiger partial charge in [0, 0.05) is 20.8 Å². The second-order valence-corrected chi connectivity index (χ2v) is 6.07. The van der Waals surface area contributed by atoms with Crippen molar-refractivity contribution in [3.05, 3.63) is 63.7 Å². The van der Waals surface area contributed by atoms with E-state index < -0.39 is 0 Å². The van der Waals surface area contributed by atoms with Crippen molar-refractivity contribution in [3.8, 4) is 17.0 Å². The summed E-state index contributed by atoms with van der Waals surface area (Å²) in [5.74, 6) is 1.01. The van der Waals surface area contributed by atoms with Gasteiger partial charge in [-0.2, -0.15) is 5.10 Å². The average Bonchev–Trinajstić information content (AvgIpc) is 3.03. The maximum absolute atomic E-state index is 12.2. The molecule has 0 aliphatic carbocycles. The number of rotatable bonds is 4. The first-order valence-corrected chi connectivity index (χ1v) is 8.01. The van der Waals surface area contributed by atoms with Crippen molar-refractivity contribution >= 4 is 34.3 Å². The Morgan fingerprint density at radius 2 is 1.91 bits per heavy atom. The fourth-order valence-electron chi connectivity index (χ4n) is 2.18. The fourth-order valence-corrected chi connectivity index (χ4v) is 2.54. The summed E-state index contributed by atoms with van der Waals surface area (Å²) in [6.45, 7) is 0. The second-order valence-electron chi connectivity index (χ2n) is 4.83. The van der Waals surface area contributed by atoms with Crippen LogP contribution in [0.4, 0.5) is 5.82 Å². The summed E-state index contributed by atoms with van der Waals surface area (Å²) in [6.07, 6.45) is 0. The Balaban J connectivity index is 1.79. The molecule has 5 nitrogen and oxygen atoms in total. The molecule has 2 aromatic carbocycles. The standard InChI is InChI=1S/C17H14IN3O2/c1-23-15-5-3-2-4-13(15)14-10-16(21-20-14)19-17(22)11-6-8-12(18)9-7-11/h2-10H,1H3,(H2,19,20,21,22). The molecule has 1 heterocycles. The van der Waals surface area contributed by atoms with Crippen LogP contribution in [0.15, 0.2) is 54.6 Å². The number of nitrogens with zero attached hydrogens (tertiary/aromatic N) is 1. The van der Waals surface area contributed by atoms with E-state index in [0.717, 1.165) is 20.6 Å². The van der Waals surface area contributed by atoms with E-state index in [1.807, 2.05) is 36.4 Å². The van der Waals surface area contributed by atoms with Crippen molar-refractivity contribution < 1.29 is 9.53 Å². The number of halogens is 1. The van der Waals surface area contributed by atoms with Crippen LogP contribution >= 0.6 is 22.6 Å². The molecule has 0 saturated heterocycles. The van der Waals surface area contributed by atoms with E-state index in [-0.39, 0.29) is 5.91 Å². The molecule has 6 heteroatoms. The Hall–Kier alpha value is -2.35. The molecule has 0 fully saturated rings. The van der Waals surface area contributed by atoms with Gasteiger partial charge in [-0.05, 0) is 59.0 Å². The highest BCUT2D eigenvalue weighted by molar-refractivity contribution is 14.1. The molecule has 1 aromatic heterocycles. The first kappa shape index (κ1) is 15.5. The molecule has 3 rings (SSSR count). The topological polar surface area (TPSA) is 67.0 Å². The number of aromatic amines is 1. The fraction of sp³-hybridized carbons (Fsp3) is 0.0588. The lowest BCUT2D eigenvalue weighted by atomic mass is 10.1. The summed E-state index contributed by atoms with van der Waals surface area (Å²) in [5, 5.41) is 9.83. The number of amides is 1. The van der Waals surface area contributed by atoms with Gasteiger partial charge in [-0.3, -0.25) is 9.89 Å². The number of para-hydroxylation sites is 1. The highest BCUT2D eigenvalue weighted by atomic mass is 127. The van der Waals surface area contributed by atoms with Gasteiger partial charge in [0.15, 0.2) is 5.82 Å². The van der Waals surface area contributed by atoms with Crippen LogP contribution in [0.2, 0.25) is 0 Å². The van der Waals surface area contributed by atoms with Crippen molar-refractivity contribution in [1.29, 1.82) is 0 Å². The van der Waals surface area contributed by atoms with Crippen LogP contribution < -0.4 is 10.1 Å². The lowest BCUT2D eigenvalue weighted by Gasteiger charge is -2.05. The summed E-state index contributed by atoms with van der Waals surface area (Å²) in [4.78, 5) is 12.2. The summed E-state index contributed by atoms with van der Waals surface area (Å²) < 4.78 is 6.42. The second kappa shape index (κ2) is 6.82. The van der Waals surface area contributed by atoms with E-state index >= 15 is 0 Å². The molecule has 23 heavy (non-hydrogen) atoms. The van der Waals surface area contributed by atoms with Gasteiger partial charge < -0.3 is 10.1 Å². The number of hydrogen-bond acceptors (Lipinski definition) is 3. The zero-order valence-corrected chi connectivity index (χ0v) is 14.5. The predicted octanol–water partition coefficient (Wildman–Crippen LogP) is 3.94. The minimum absolute atomic E-state index is 0.195. The SMILES string of the molecule is COc1ccccc1-c1cc(NC(=O)c2ccc(I)cc2)n[nH]1. The summed E-state index contributed by atoms with van der Waals surface area (Å²) >= 11 is 2.20. The van der Waals surface area contributed by atoms with Crippen LogP contribution in [0.3, 0.4) is 0 Å². The molecule has 0 saturated carbocycles. The Morgan fingerprint density at radius 3 is 2.65 bits per heavy atom. The Kier molecular flexibility index (Phi) is 4.61. The highest BCUT2D eigenvalue weighted by Gasteiger charge is 2.11. The number of H-pyrrole nitrogens is 1. The van der Waals surface area contributed by atoms with E-state index in [2.05, 4.69) is 38.1 Å². The predicted molar refractivity (Wildman–Crippen MR) is 97.7 cm³/mol. The molecular formula is C17H14IN3O2.